The summed E-state index contributed by atoms with van der Waals surface area (Å²) < 4.78 is 0. The van der Waals surface area contributed by atoms with Gasteiger partial charge in [-0.15, -0.1) is 0 Å². The molecule has 1 atom stereocenters. The molecule has 0 radical (unpaired) electrons. The average Bonchev–Trinajstić information content (AvgIpc) is 2.65. The molecular weight excluding hydrogens is 380 g/mol. The molecule has 1 saturated heterocycles. The molecule has 3 N–H and O–H groups in total. The second kappa shape index (κ2) is 7.97. The number of carbonyl (C=O) groups is 3. The van der Waals surface area contributed by atoms with Crippen LogP contribution in [0.15, 0.2) is 53.6 Å². The van der Waals surface area contributed by atoms with Gasteiger partial charge in [0.25, 0.3) is 11.8 Å². The molecule has 3 amide bonds. The first-order valence-electron chi connectivity index (χ1n) is 8.25. The number of hydrogen-bond acceptors (Lipinski definition) is 6. The number of rotatable bonds is 4. The van der Waals surface area contributed by atoms with E-state index in [0.717, 1.165) is 11.8 Å². The number of aromatic hydroxyl groups is 1. The highest BCUT2D eigenvalue weighted by Gasteiger charge is 2.38. The third kappa shape index (κ3) is 4.04. The van der Waals surface area contributed by atoms with E-state index in [0.29, 0.717) is 5.69 Å². The summed E-state index contributed by atoms with van der Waals surface area (Å²) in [5.41, 5.74) is 3.93. The Morgan fingerprint density at radius 3 is 2.64 bits per heavy atom. The van der Waals surface area contributed by atoms with Gasteiger partial charge in [-0.05, 0) is 49.5 Å². The molecule has 3 rings (SSSR count). The maximum absolute atomic E-state index is 12.8. The molecule has 0 aliphatic carbocycles. The zero-order valence-electron chi connectivity index (χ0n) is 14.7. The standard InChI is InChI=1S/C19H16N4O4S/c1-11-5-7-13(8-6-11)23-18(27)15(17(26)21-19(23)28)10-20-22-16(25)12-3-2-4-14(24)9-12/h2-10,15,24H,1H3,(H,22,25)(H,21,26,28)/b20-10-/t15-/m1/s1. The Balaban J connectivity index is 1.75. The number of aryl methyl sites for hydroxylation is 1. The number of nitrogens with zero attached hydrogens (tertiary/aromatic N) is 2. The van der Waals surface area contributed by atoms with Gasteiger partial charge in [0.15, 0.2) is 11.0 Å². The van der Waals surface area contributed by atoms with Crippen LogP contribution in [0, 0.1) is 12.8 Å². The molecule has 1 aliphatic rings. The number of nitrogens with one attached hydrogen (secondary N) is 2. The summed E-state index contributed by atoms with van der Waals surface area (Å²) >= 11 is 5.11. The number of benzene rings is 2. The van der Waals surface area contributed by atoms with Gasteiger partial charge in [-0.1, -0.05) is 23.8 Å². The first kappa shape index (κ1) is 19.2. The summed E-state index contributed by atoms with van der Waals surface area (Å²) in [6.45, 7) is 1.91. The lowest BCUT2D eigenvalue weighted by Crippen LogP contribution is -2.58. The Labute approximate surface area is 165 Å². The number of thiocarbonyl (C=S) groups is 1. The van der Waals surface area contributed by atoms with Gasteiger partial charge in [-0.3, -0.25) is 19.3 Å². The largest absolute Gasteiger partial charge is 0.508 e. The fourth-order valence-corrected chi connectivity index (χ4v) is 2.84. The topological polar surface area (TPSA) is 111 Å². The predicted octanol–water partition coefficient (Wildman–Crippen LogP) is 1.48. The SMILES string of the molecule is Cc1ccc(N2C(=O)[C@H](/C=N\NC(=O)c3cccc(O)c3)C(=O)NC2=S)cc1. The van der Waals surface area contributed by atoms with Crippen molar-refractivity contribution in [2.45, 2.75) is 6.92 Å². The Hall–Kier alpha value is -3.59. The second-order valence-electron chi connectivity index (χ2n) is 6.05. The summed E-state index contributed by atoms with van der Waals surface area (Å²) in [4.78, 5) is 38.1. The quantitative estimate of drug-likeness (QED) is 0.314. The van der Waals surface area contributed by atoms with Crippen molar-refractivity contribution in [3.05, 3.63) is 59.7 Å². The van der Waals surface area contributed by atoms with Gasteiger partial charge in [0, 0.05) is 11.8 Å². The van der Waals surface area contributed by atoms with E-state index in [4.69, 9.17) is 12.2 Å². The number of anilines is 1. The van der Waals surface area contributed by atoms with E-state index in [-0.39, 0.29) is 16.4 Å². The van der Waals surface area contributed by atoms with Crippen molar-refractivity contribution in [2.24, 2.45) is 11.0 Å². The molecule has 0 unspecified atom stereocenters. The maximum Gasteiger partial charge on any atom is 0.271 e. The summed E-state index contributed by atoms with van der Waals surface area (Å²) in [6, 6.07) is 12.8. The number of phenols is 1. The zero-order valence-corrected chi connectivity index (χ0v) is 15.6. The van der Waals surface area contributed by atoms with Crippen molar-refractivity contribution in [3.63, 3.8) is 0 Å². The van der Waals surface area contributed by atoms with Crippen LogP contribution in [0.1, 0.15) is 15.9 Å². The van der Waals surface area contributed by atoms with Crippen molar-refractivity contribution in [2.75, 3.05) is 4.90 Å². The van der Waals surface area contributed by atoms with Crippen molar-refractivity contribution >= 4 is 47.0 Å². The molecule has 9 heteroatoms. The highest BCUT2D eigenvalue weighted by atomic mass is 32.1. The summed E-state index contributed by atoms with van der Waals surface area (Å²) in [6.07, 6.45) is 1.04. The van der Waals surface area contributed by atoms with E-state index in [9.17, 15) is 19.5 Å². The smallest absolute Gasteiger partial charge is 0.271 e. The maximum atomic E-state index is 12.8. The Bertz CT molecular complexity index is 988. The van der Waals surface area contributed by atoms with Gasteiger partial charge in [0.05, 0.1) is 5.69 Å². The molecule has 8 nitrogen and oxygen atoms in total. The van der Waals surface area contributed by atoms with Crippen LogP contribution in [-0.4, -0.2) is 34.2 Å². The van der Waals surface area contributed by atoms with Crippen LogP contribution in [0.25, 0.3) is 0 Å². The van der Waals surface area contributed by atoms with E-state index in [1.54, 1.807) is 12.1 Å². The van der Waals surface area contributed by atoms with Crippen molar-refractivity contribution in [3.8, 4) is 5.75 Å². The lowest BCUT2D eigenvalue weighted by atomic mass is 10.1. The fraction of sp³-hybridized carbons (Fsp3) is 0.105. The van der Waals surface area contributed by atoms with E-state index < -0.39 is 23.6 Å². The molecule has 0 aromatic heterocycles. The Kier molecular flexibility index (Phi) is 5.46. The Morgan fingerprint density at radius 1 is 1.25 bits per heavy atom. The minimum Gasteiger partial charge on any atom is -0.508 e. The molecular formula is C19H16N4O4S. The summed E-state index contributed by atoms with van der Waals surface area (Å²) in [5.74, 6) is -3.12. The van der Waals surface area contributed by atoms with Crippen molar-refractivity contribution in [1.29, 1.82) is 0 Å². The van der Waals surface area contributed by atoms with Gasteiger partial charge in [0.1, 0.15) is 5.75 Å². The molecule has 0 saturated carbocycles. The molecule has 1 heterocycles. The molecule has 1 fully saturated rings. The molecule has 0 bridgehead atoms. The summed E-state index contributed by atoms with van der Waals surface area (Å²) in [7, 11) is 0. The second-order valence-corrected chi connectivity index (χ2v) is 6.44. The third-order valence-electron chi connectivity index (χ3n) is 3.99. The van der Waals surface area contributed by atoms with Gasteiger partial charge in [-0.25, -0.2) is 5.43 Å². The average molecular weight is 396 g/mol. The van der Waals surface area contributed by atoms with Crippen molar-refractivity contribution in [1.82, 2.24) is 10.7 Å². The first-order chi connectivity index (χ1) is 13.4. The van der Waals surface area contributed by atoms with Crippen LogP contribution in [0.3, 0.4) is 0 Å². The van der Waals surface area contributed by atoms with Gasteiger partial charge in [-0.2, -0.15) is 5.10 Å². The number of carbonyl (C=O) groups excluding carboxylic acids is 3. The zero-order chi connectivity index (χ0) is 20.3. The summed E-state index contributed by atoms with van der Waals surface area (Å²) in [5, 5.41) is 15.6. The van der Waals surface area contributed by atoms with Crippen LogP contribution < -0.4 is 15.6 Å². The highest BCUT2D eigenvalue weighted by molar-refractivity contribution is 7.80. The van der Waals surface area contributed by atoms with Crippen molar-refractivity contribution < 1.29 is 19.5 Å². The van der Waals surface area contributed by atoms with Crippen LogP contribution in [0.4, 0.5) is 5.69 Å². The number of hydrazone groups is 1. The van der Waals surface area contributed by atoms with Crippen LogP contribution in [-0.2, 0) is 9.59 Å². The highest BCUT2D eigenvalue weighted by Crippen LogP contribution is 2.20. The predicted molar refractivity (Wildman–Crippen MR) is 107 cm³/mol. The lowest BCUT2D eigenvalue weighted by molar-refractivity contribution is -0.130. The number of hydrogen-bond donors (Lipinski definition) is 3. The van der Waals surface area contributed by atoms with Crippen LogP contribution in [0.5, 0.6) is 5.75 Å². The minimum atomic E-state index is -1.25. The molecule has 142 valence electrons. The molecule has 2 aromatic carbocycles. The molecule has 0 spiro atoms. The van der Waals surface area contributed by atoms with Gasteiger partial charge < -0.3 is 10.4 Å². The minimum absolute atomic E-state index is 0.0210. The van der Waals surface area contributed by atoms with E-state index in [1.807, 2.05) is 19.1 Å². The van der Waals surface area contributed by atoms with Crippen LogP contribution >= 0.6 is 12.2 Å². The van der Waals surface area contributed by atoms with E-state index >= 15 is 0 Å². The van der Waals surface area contributed by atoms with E-state index in [1.165, 1.54) is 29.2 Å². The molecule has 28 heavy (non-hydrogen) atoms. The van der Waals surface area contributed by atoms with E-state index in [2.05, 4.69) is 15.8 Å². The first-order valence-corrected chi connectivity index (χ1v) is 8.65. The fourth-order valence-electron chi connectivity index (χ4n) is 2.54. The number of phenolic OH excluding ortho intramolecular Hbond substituents is 1. The number of amides is 3. The van der Waals surface area contributed by atoms with Gasteiger partial charge in [0.2, 0.25) is 5.91 Å². The molecule has 1 aliphatic heterocycles. The van der Waals surface area contributed by atoms with Gasteiger partial charge >= 0.3 is 0 Å². The molecule has 2 aromatic rings. The monoisotopic (exact) mass is 396 g/mol. The van der Waals surface area contributed by atoms with Crippen LogP contribution in [0.2, 0.25) is 0 Å². The lowest BCUT2D eigenvalue weighted by Gasteiger charge is -2.30. The third-order valence-corrected chi connectivity index (χ3v) is 4.28. The Morgan fingerprint density at radius 2 is 1.96 bits per heavy atom. The normalized spacial score (nSPS) is 17.0.